The minimum absolute atomic E-state index is 0.0121. The number of thioether (sulfide) groups is 1. The van der Waals surface area contributed by atoms with Gasteiger partial charge in [0.15, 0.2) is 0 Å². The van der Waals surface area contributed by atoms with Crippen LogP contribution in [0, 0.1) is 0 Å². The molecule has 1 saturated carbocycles. The molecular weight excluding hydrogens is 218 g/mol. The number of nitrogens with one attached hydrogen (secondary N) is 1. The average molecular weight is 237 g/mol. The lowest BCUT2D eigenvalue weighted by atomic mass is 9.77. The molecule has 0 amide bonds. The smallest absolute Gasteiger partial charge is 0.0613 e. The van der Waals surface area contributed by atoms with Crippen LogP contribution in [-0.4, -0.2) is 23.5 Å². The maximum Gasteiger partial charge on any atom is 0.0613 e. The molecule has 1 aliphatic rings. The van der Waals surface area contributed by atoms with E-state index in [1.807, 2.05) is 0 Å². The van der Waals surface area contributed by atoms with Gasteiger partial charge in [0.1, 0.15) is 0 Å². The first kappa shape index (κ1) is 12.0. The van der Waals surface area contributed by atoms with Crippen molar-refractivity contribution in [2.45, 2.75) is 36.2 Å². The molecule has 2 rings (SSSR count). The predicted octanol–water partition coefficient (Wildman–Crippen LogP) is 2.41. The fourth-order valence-electron chi connectivity index (χ4n) is 2.03. The van der Waals surface area contributed by atoms with Crippen molar-refractivity contribution in [1.29, 1.82) is 0 Å². The van der Waals surface area contributed by atoms with Crippen LogP contribution in [0.15, 0.2) is 29.2 Å². The second-order valence-electron chi connectivity index (χ2n) is 4.49. The molecule has 0 bridgehead atoms. The molecule has 1 fully saturated rings. The highest BCUT2D eigenvalue weighted by Gasteiger charge is 2.35. The summed E-state index contributed by atoms with van der Waals surface area (Å²) in [5, 5.41) is 12.8. The lowest BCUT2D eigenvalue weighted by Crippen LogP contribution is -2.53. The molecule has 16 heavy (non-hydrogen) atoms. The van der Waals surface area contributed by atoms with Crippen LogP contribution in [0.4, 0.5) is 0 Å². The molecule has 2 N–H and O–H groups in total. The van der Waals surface area contributed by atoms with Gasteiger partial charge in [-0.3, -0.25) is 0 Å². The summed E-state index contributed by atoms with van der Waals surface area (Å²) in [6.45, 7) is 1.12. The molecule has 1 aromatic carbocycles. The summed E-state index contributed by atoms with van der Waals surface area (Å²) in [7, 11) is 0. The van der Waals surface area contributed by atoms with Gasteiger partial charge >= 0.3 is 0 Å². The Morgan fingerprint density at radius 1 is 1.31 bits per heavy atom. The molecule has 0 radical (unpaired) electrons. The van der Waals surface area contributed by atoms with Crippen molar-refractivity contribution < 1.29 is 5.11 Å². The summed E-state index contributed by atoms with van der Waals surface area (Å²) in [5.41, 5.74) is 1.30. The number of aliphatic hydroxyl groups excluding tert-OH is 1. The topological polar surface area (TPSA) is 32.3 Å². The second kappa shape index (κ2) is 5.21. The maximum atomic E-state index is 9.33. The Kier molecular flexibility index (Phi) is 3.90. The number of rotatable bonds is 5. The van der Waals surface area contributed by atoms with Crippen LogP contribution in [0.5, 0.6) is 0 Å². The largest absolute Gasteiger partial charge is 0.394 e. The first-order valence-electron chi connectivity index (χ1n) is 5.77. The van der Waals surface area contributed by atoms with Crippen LogP contribution in [0.1, 0.15) is 24.8 Å². The van der Waals surface area contributed by atoms with Gasteiger partial charge in [0.2, 0.25) is 0 Å². The molecule has 3 heteroatoms. The Morgan fingerprint density at radius 2 is 2.00 bits per heavy atom. The number of hydrogen-bond donors (Lipinski definition) is 2. The van der Waals surface area contributed by atoms with Crippen molar-refractivity contribution in [3.63, 3.8) is 0 Å². The predicted molar refractivity (Wildman–Crippen MR) is 68.7 cm³/mol. The van der Waals surface area contributed by atoms with E-state index in [9.17, 15) is 5.11 Å². The standard InChI is InChI=1S/C13H19NOS/c1-16-12-5-3-11(4-6-12)9-14-13(10-15)7-2-8-13/h3-6,14-15H,2,7-10H2,1H3. The molecule has 88 valence electrons. The molecule has 0 heterocycles. The maximum absolute atomic E-state index is 9.33. The van der Waals surface area contributed by atoms with E-state index in [1.54, 1.807) is 11.8 Å². The molecule has 0 spiro atoms. The zero-order valence-electron chi connectivity index (χ0n) is 9.70. The van der Waals surface area contributed by atoms with Gasteiger partial charge in [-0.2, -0.15) is 0 Å². The van der Waals surface area contributed by atoms with E-state index in [0.717, 1.165) is 19.4 Å². The molecule has 0 aliphatic heterocycles. The zero-order chi connectivity index (χ0) is 11.4. The zero-order valence-corrected chi connectivity index (χ0v) is 10.5. The molecular formula is C13H19NOS. The molecule has 2 nitrogen and oxygen atoms in total. The fraction of sp³-hybridized carbons (Fsp3) is 0.538. The minimum atomic E-state index is 0.0121. The van der Waals surface area contributed by atoms with E-state index in [2.05, 4.69) is 35.8 Å². The van der Waals surface area contributed by atoms with E-state index < -0.39 is 0 Å². The normalized spacial score (nSPS) is 18.1. The third kappa shape index (κ3) is 2.59. The third-order valence-corrected chi connectivity index (χ3v) is 4.18. The van der Waals surface area contributed by atoms with E-state index >= 15 is 0 Å². The first-order valence-corrected chi connectivity index (χ1v) is 6.99. The SMILES string of the molecule is CSc1ccc(CNC2(CO)CCC2)cc1. The summed E-state index contributed by atoms with van der Waals surface area (Å²) in [6, 6.07) is 8.60. The lowest BCUT2D eigenvalue weighted by molar-refractivity contribution is 0.0872. The van der Waals surface area contributed by atoms with Crippen LogP contribution >= 0.6 is 11.8 Å². The van der Waals surface area contributed by atoms with Gasteiger partial charge < -0.3 is 10.4 Å². The van der Waals surface area contributed by atoms with Crippen LogP contribution in [0.2, 0.25) is 0 Å². The van der Waals surface area contributed by atoms with E-state index in [0.29, 0.717) is 0 Å². The van der Waals surface area contributed by atoms with Gasteiger partial charge in [0.05, 0.1) is 6.61 Å². The van der Waals surface area contributed by atoms with Crippen LogP contribution in [-0.2, 0) is 6.54 Å². The van der Waals surface area contributed by atoms with Crippen molar-refractivity contribution in [3.05, 3.63) is 29.8 Å². The summed E-state index contributed by atoms with van der Waals surface area (Å²) < 4.78 is 0. The summed E-state index contributed by atoms with van der Waals surface area (Å²) >= 11 is 1.76. The average Bonchev–Trinajstić information content (AvgIpc) is 2.29. The quantitative estimate of drug-likeness (QED) is 0.771. The van der Waals surface area contributed by atoms with Crippen molar-refractivity contribution in [3.8, 4) is 0 Å². The van der Waals surface area contributed by atoms with Gasteiger partial charge in [-0.15, -0.1) is 11.8 Å². The van der Waals surface area contributed by atoms with Gasteiger partial charge in [0, 0.05) is 17.0 Å². The Balaban J connectivity index is 1.89. The monoisotopic (exact) mass is 237 g/mol. The molecule has 1 aromatic rings. The molecule has 0 atom stereocenters. The number of benzene rings is 1. The van der Waals surface area contributed by atoms with Crippen LogP contribution < -0.4 is 5.32 Å². The van der Waals surface area contributed by atoms with Gasteiger partial charge in [-0.25, -0.2) is 0 Å². The highest BCUT2D eigenvalue weighted by Crippen LogP contribution is 2.31. The van der Waals surface area contributed by atoms with E-state index in [-0.39, 0.29) is 12.1 Å². The van der Waals surface area contributed by atoms with E-state index in [4.69, 9.17) is 0 Å². The first-order chi connectivity index (χ1) is 7.78. The Morgan fingerprint density at radius 3 is 2.44 bits per heavy atom. The van der Waals surface area contributed by atoms with Crippen LogP contribution in [0.25, 0.3) is 0 Å². The Hall–Kier alpha value is -0.510. The van der Waals surface area contributed by atoms with Gasteiger partial charge in [-0.05, 0) is 43.2 Å². The highest BCUT2D eigenvalue weighted by molar-refractivity contribution is 7.98. The van der Waals surface area contributed by atoms with Crippen molar-refractivity contribution >= 4 is 11.8 Å². The number of aliphatic hydroxyl groups is 1. The lowest BCUT2D eigenvalue weighted by Gasteiger charge is -2.41. The minimum Gasteiger partial charge on any atom is -0.394 e. The Bertz CT molecular complexity index is 327. The summed E-state index contributed by atoms with van der Waals surface area (Å²) in [6.07, 6.45) is 5.53. The van der Waals surface area contributed by atoms with Crippen molar-refractivity contribution in [1.82, 2.24) is 5.32 Å². The van der Waals surface area contributed by atoms with Crippen molar-refractivity contribution in [2.75, 3.05) is 12.9 Å². The van der Waals surface area contributed by atoms with Gasteiger partial charge in [0.25, 0.3) is 0 Å². The van der Waals surface area contributed by atoms with Crippen LogP contribution in [0.3, 0.4) is 0 Å². The highest BCUT2D eigenvalue weighted by atomic mass is 32.2. The molecule has 0 aromatic heterocycles. The third-order valence-electron chi connectivity index (χ3n) is 3.44. The van der Waals surface area contributed by atoms with Gasteiger partial charge in [-0.1, -0.05) is 12.1 Å². The van der Waals surface area contributed by atoms with E-state index in [1.165, 1.54) is 16.9 Å². The molecule has 1 aliphatic carbocycles. The summed E-state index contributed by atoms with van der Waals surface area (Å²) in [5.74, 6) is 0. The summed E-state index contributed by atoms with van der Waals surface area (Å²) in [4.78, 5) is 1.30. The second-order valence-corrected chi connectivity index (χ2v) is 5.37. The molecule has 0 unspecified atom stereocenters. The Labute approximate surface area is 101 Å². The van der Waals surface area contributed by atoms with Crippen molar-refractivity contribution in [2.24, 2.45) is 0 Å². The fourth-order valence-corrected chi connectivity index (χ4v) is 2.44. The number of hydrogen-bond acceptors (Lipinski definition) is 3. The molecule has 0 saturated heterocycles.